The molecule has 3 rings (SSSR count). The molecule has 2 aliphatic carbocycles. The molecule has 0 amide bonds. The first kappa shape index (κ1) is 11.2. The maximum absolute atomic E-state index is 11.8. The number of fused-ring (bicyclic) bond motifs is 5. The third-order valence-electron chi connectivity index (χ3n) is 4.37. The van der Waals surface area contributed by atoms with E-state index >= 15 is 0 Å². The van der Waals surface area contributed by atoms with E-state index in [4.69, 9.17) is 0 Å². The summed E-state index contributed by atoms with van der Waals surface area (Å²) >= 11 is 0. The molecule has 3 fully saturated rings. The van der Waals surface area contributed by atoms with Crippen LogP contribution in [0.1, 0.15) is 12.8 Å². The first-order chi connectivity index (χ1) is 7.95. The summed E-state index contributed by atoms with van der Waals surface area (Å²) in [7, 11) is -2.01. The smallest absolute Gasteiger partial charge is 0.317 e. The Morgan fingerprint density at radius 2 is 1.82 bits per heavy atom. The van der Waals surface area contributed by atoms with Crippen molar-refractivity contribution in [1.29, 1.82) is 0 Å². The van der Waals surface area contributed by atoms with Crippen molar-refractivity contribution in [2.75, 3.05) is 7.05 Å². The zero-order valence-corrected chi connectivity index (χ0v) is 10.1. The van der Waals surface area contributed by atoms with E-state index in [0.717, 1.165) is 0 Å². The van der Waals surface area contributed by atoms with Gasteiger partial charge in [-0.1, -0.05) is 0 Å². The van der Waals surface area contributed by atoms with Gasteiger partial charge in [-0.3, -0.25) is 9.59 Å². The lowest BCUT2D eigenvalue weighted by molar-refractivity contribution is -0.154. The van der Waals surface area contributed by atoms with Crippen molar-refractivity contribution >= 4 is 22.0 Å². The molecule has 1 heterocycles. The maximum atomic E-state index is 11.8. The number of esters is 2. The van der Waals surface area contributed by atoms with Crippen LogP contribution in [0.2, 0.25) is 0 Å². The summed E-state index contributed by atoms with van der Waals surface area (Å²) in [5, 5.41) is -0.558. The van der Waals surface area contributed by atoms with Crippen LogP contribution >= 0.6 is 0 Å². The average molecular weight is 259 g/mol. The van der Waals surface area contributed by atoms with Gasteiger partial charge in [0.2, 0.25) is 10.0 Å². The fourth-order valence-corrected chi connectivity index (χ4v) is 5.25. The fraction of sp³-hybridized carbons (Fsp3) is 0.800. The number of hydrogen-bond donors (Lipinski definition) is 1. The molecular weight excluding hydrogens is 246 g/mol. The molecule has 1 saturated heterocycles. The molecule has 1 aliphatic heterocycles. The van der Waals surface area contributed by atoms with Crippen LogP contribution in [-0.2, 0) is 24.3 Å². The van der Waals surface area contributed by atoms with E-state index in [-0.39, 0.29) is 11.8 Å². The van der Waals surface area contributed by atoms with E-state index in [0.29, 0.717) is 12.8 Å². The van der Waals surface area contributed by atoms with Gasteiger partial charge in [-0.15, -0.1) is 0 Å². The van der Waals surface area contributed by atoms with Crippen molar-refractivity contribution in [2.45, 2.75) is 18.1 Å². The molecule has 94 valence electrons. The topological polar surface area (TPSA) is 89.5 Å². The van der Waals surface area contributed by atoms with Gasteiger partial charge in [0, 0.05) is 0 Å². The molecule has 6 nitrogen and oxygen atoms in total. The second-order valence-electron chi connectivity index (χ2n) is 4.97. The Kier molecular flexibility index (Phi) is 2.16. The molecule has 5 atom stereocenters. The van der Waals surface area contributed by atoms with Crippen LogP contribution in [0.25, 0.3) is 0 Å². The molecule has 2 bridgehead atoms. The maximum Gasteiger partial charge on any atom is 0.317 e. The van der Waals surface area contributed by atoms with Crippen LogP contribution in [0.3, 0.4) is 0 Å². The van der Waals surface area contributed by atoms with E-state index in [9.17, 15) is 18.0 Å². The number of hydrogen-bond acceptors (Lipinski definition) is 5. The molecule has 0 radical (unpaired) electrons. The van der Waals surface area contributed by atoms with Crippen LogP contribution in [0.5, 0.6) is 0 Å². The van der Waals surface area contributed by atoms with Gasteiger partial charge in [0.05, 0.1) is 17.1 Å². The fourth-order valence-electron chi connectivity index (χ4n) is 3.71. The second-order valence-corrected chi connectivity index (χ2v) is 7.08. The zero-order valence-electron chi connectivity index (χ0n) is 9.25. The lowest BCUT2D eigenvalue weighted by Gasteiger charge is -2.26. The summed E-state index contributed by atoms with van der Waals surface area (Å²) in [6.45, 7) is 0. The Bertz CT molecular complexity index is 499. The van der Waals surface area contributed by atoms with Gasteiger partial charge in [0.15, 0.2) is 0 Å². The first-order valence-corrected chi connectivity index (χ1v) is 7.18. The highest BCUT2D eigenvalue weighted by Crippen LogP contribution is 2.57. The molecule has 3 aliphatic rings. The van der Waals surface area contributed by atoms with Gasteiger partial charge in [0.1, 0.15) is 0 Å². The summed E-state index contributed by atoms with van der Waals surface area (Å²) in [6.07, 6.45) is 1.10. The number of sulfonamides is 1. The highest BCUT2D eigenvalue weighted by atomic mass is 32.2. The van der Waals surface area contributed by atoms with Crippen molar-refractivity contribution in [3.63, 3.8) is 0 Å². The summed E-state index contributed by atoms with van der Waals surface area (Å²) in [5.74, 6) is -2.21. The summed E-state index contributed by atoms with van der Waals surface area (Å²) < 4.78 is 30.6. The Morgan fingerprint density at radius 1 is 1.18 bits per heavy atom. The van der Waals surface area contributed by atoms with Crippen molar-refractivity contribution in [3.8, 4) is 0 Å². The molecule has 1 N–H and O–H groups in total. The Balaban J connectivity index is 1.95. The minimum atomic E-state index is -3.38. The third kappa shape index (κ3) is 1.32. The number of cyclic esters (lactones) is 2. The van der Waals surface area contributed by atoms with Gasteiger partial charge in [-0.05, 0) is 31.7 Å². The number of rotatable bonds is 2. The zero-order chi connectivity index (χ0) is 12.4. The normalized spacial score (nSPS) is 43.9. The number of ether oxygens (including phenoxy) is 1. The second kappa shape index (κ2) is 3.29. The summed E-state index contributed by atoms with van der Waals surface area (Å²) in [6, 6.07) is 0. The predicted molar refractivity (Wildman–Crippen MR) is 56.1 cm³/mol. The molecule has 5 unspecified atom stereocenters. The molecule has 0 aromatic carbocycles. The highest BCUT2D eigenvalue weighted by molar-refractivity contribution is 7.90. The molecule has 0 aromatic heterocycles. The minimum Gasteiger partial charge on any atom is -0.393 e. The van der Waals surface area contributed by atoms with E-state index < -0.39 is 39.0 Å². The standard InChI is InChI=1S/C10H13NO5S/c1-11-17(14,15)6-3-4-2-5(6)8-7(4)9(12)16-10(8)13/h4-8,11H,2-3H2,1H3. The summed E-state index contributed by atoms with van der Waals surface area (Å²) in [5.41, 5.74) is 0. The van der Waals surface area contributed by atoms with Crippen LogP contribution in [-0.4, -0.2) is 32.7 Å². The Labute approximate surface area is 98.8 Å². The van der Waals surface area contributed by atoms with Crippen LogP contribution < -0.4 is 4.72 Å². The van der Waals surface area contributed by atoms with E-state index in [1.165, 1.54) is 7.05 Å². The number of carbonyl (C=O) groups is 2. The van der Waals surface area contributed by atoms with Gasteiger partial charge >= 0.3 is 11.9 Å². The van der Waals surface area contributed by atoms with Crippen molar-refractivity contribution < 1.29 is 22.7 Å². The molecular formula is C10H13NO5S. The number of nitrogens with one attached hydrogen (secondary N) is 1. The SMILES string of the molecule is CNS(=O)(=O)C1CC2CC1C1C(=O)OC(=O)C21. The lowest BCUT2D eigenvalue weighted by atomic mass is 9.81. The van der Waals surface area contributed by atoms with Gasteiger partial charge < -0.3 is 4.74 Å². The van der Waals surface area contributed by atoms with E-state index in [1.807, 2.05) is 0 Å². The van der Waals surface area contributed by atoms with Crippen molar-refractivity contribution in [2.24, 2.45) is 23.7 Å². The van der Waals surface area contributed by atoms with Gasteiger partial charge in [-0.2, -0.15) is 0 Å². The van der Waals surface area contributed by atoms with Crippen LogP contribution in [0.15, 0.2) is 0 Å². The molecule has 0 spiro atoms. The lowest BCUT2D eigenvalue weighted by Crippen LogP contribution is -2.42. The number of carbonyl (C=O) groups excluding carboxylic acids is 2. The van der Waals surface area contributed by atoms with Crippen molar-refractivity contribution in [1.82, 2.24) is 4.72 Å². The molecule has 2 saturated carbocycles. The monoisotopic (exact) mass is 259 g/mol. The summed E-state index contributed by atoms with van der Waals surface area (Å²) in [4.78, 5) is 23.0. The van der Waals surface area contributed by atoms with Crippen molar-refractivity contribution in [3.05, 3.63) is 0 Å². The predicted octanol–water partition coefficient (Wildman–Crippen LogP) is -0.740. The largest absolute Gasteiger partial charge is 0.393 e. The van der Waals surface area contributed by atoms with E-state index in [2.05, 4.69) is 9.46 Å². The minimum absolute atomic E-state index is 0.0166. The van der Waals surface area contributed by atoms with Crippen LogP contribution in [0, 0.1) is 23.7 Å². The average Bonchev–Trinajstić information content (AvgIpc) is 2.91. The first-order valence-electron chi connectivity index (χ1n) is 5.63. The van der Waals surface area contributed by atoms with Gasteiger partial charge in [0.25, 0.3) is 0 Å². The van der Waals surface area contributed by atoms with Crippen LogP contribution in [0.4, 0.5) is 0 Å². The third-order valence-corrected chi connectivity index (χ3v) is 6.28. The van der Waals surface area contributed by atoms with Gasteiger partial charge in [-0.25, -0.2) is 13.1 Å². The molecule has 17 heavy (non-hydrogen) atoms. The van der Waals surface area contributed by atoms with E-state index in [1.54, 1.807) is 0 Å². The Morgan fingerprint density at radius 3 is 2.47 bits per heavy atom. The molecule has 7 heteroatoms. The highest BCUT2D eigenvalue weighted by Gasteiger charge is 2.65. The molecule has 0 aromatic rings. The quantitative estimate of drug-likeness (QED) is 0.521. The Hall–Kier alpha value is -0.950.